The van der Waals surface area contributed by atoms with E-state index in [-0.39, 0.29) is 4.90 Å². The van der Waals surface area contributed by atoms with Crippen LogP contribution in [0.5, 0.6) is 0 Å². The minimum absolute atomic E-state index is 0.185. The van der Waals surface area contributed by atoms with Gasteiger partial charge in [-0.2, -0.15) is 4.57 Å². The molecule has 5 aliphatic carbocycles. The molecule has 5 aliphatic rings. The molecule has 1 heterocycles. The normalized spacial score (nSPS) is 30.5. The topological polar surface area (TPSA) is 64.3 Å². The van der Waals surface area contributed by atoms with Crippen LogP contribution in [0.1, 0.15) is 70.6 Å². The summed E-state index contributed by atoms with van der Waals surface area (Å²) in [5, 5.41) is 0. The molecule has 4 bridgehead atoms. The van der Waals surface area contributed by atoms with E-state index in [0.29, 0.717) is 5.54 Å². The smallest absolute Gasteiger partial charge is 0.171 e. The molecule has 1 aromatic carbocycles. The summed E-state index contributed by atoms with van der Waals surface area (Å²) in [6.45, 7) is 0. The third-order valence-corrected chi connectivity index (χ3v) is 9.78. The summed E-state index contributed by atoms with van der Waals surface area (Å²) in [7, 11) is -1.95. The summed E-state index contributed by atoms with van der Waals surface area (Å²) in [6.07, 6.45) is 20.8. The fourth-order valence-electron chi connectivity index (χ4n) is 7.62. The highest BCUT2D eigenvalue weighted by Gasteiger charge is 2.56. The Kier molecular flexibility index (Phi) is 6.73. The van der Waals surface area contributed by atoms with Crippen molar-refractivity contribution in [3.63, 3.8) is 0 Å². The zero-order chi connectivity index (χ0) is 23.8. The van der Waals surface area contributed by atoms with Crippen LogP contribution in [-0.2, 0) is 15.7 Å². The highest BCUT2D eigenvalue weighted by atomic mass is 32.2. The van der Waals surface area contributed by atoms with Gasteiger partial charge < -0.3 is 9.45 Å². The van der Waals surface area contributed by atoms with Gasteiger partial charge in [-0.25, -0.2) is 8.42 Å². The monoisotopic (exact) mass is 482 g/mol. The van der Waals surface area contributed by atoms with Crippen LogP contribution < -0.4 is 9.47 Å². The number of anilines is 1. The van der Waals surface area contributed by atoms with Crippen LogP contribution in [0.25, 0.3) is 0 Å². The van der Waals surface area contributed by atoms with E-state index in [4.69, 9.17) is 0 Å². The number of pyridine rings is 1. The second-order valence-corrected chi connectivity index (χ2v) is 12.7. The first-order valence-electron chi connectivity index (χ1n) is 13.1. The van der Waals surface area contributed by atoms with Gasteiger partial charge >= 0.3 is 0 Å². The first-order valence-corrected chi connectivity index (χ1v) is 14.5. The number of aromatic nitrogens is 1. The van der Waals surface area contributed by atoms with Crippen LogP contribution in [0, 0.1) is 17.8 Å². The molecule has 2 aromatic rings. The van der Waals surface area contributed by atoms with Crippen molar-refractivity contribution in [3.05, 3.63) is 54.9 Å². The average Bonchev–Trinajstić information content (AvgIpc) is 2.84. The average molecular weight is 483 g/mol. The number of hydrogen-bond acceptors (Lipinski definition) is 4. The molecule has 0 saturated heterocycles. The van der Waals surface area contributed by atoms with Gasteiger partial charge in [-0.15, -0.1) is 0 Å². The molecule has 0 spiro atoms. The molecule has 1 aromatic heterocycles. The first kappa shape index (κ1) is 23.8. The second kappa shape index (κ2) is 9.62. The van der Waals surface area contributed by atoms with Gasteiger partial charge in [0.15, 0.2) is 17.9 Å². The number of nitrogens with zero attached hydrogens (tertiary/aromatic N) is 2. The highest BCUT2D eigenvalue weighted by Crippen LogP contribution is 2.56. The van der Waals surface area contributed by atoms with Gasteiger partial charge in [0, 0.05) is 50.2 Å². The van der Waals surface area contributed by atoms with Crippen LogP contribution in [0.4, 0.5) is 5.69 Å². The lowest BCUT2D eigenvalue weighted by Crippen LogP contribution is -2.64. The molecule has 6 heteroatoms. The van der Waals surface area contributed by atoms with Crippen molar-refractivity contribution in [3.8, 4) is 0 Å². The lowest BCUT2D eigenvalue weighted by Gasteiger charge is -2.53. The third kappa shape index (κ3) is 5.03. The zero-order valence-corrected chi connectivity index (χ0v) is 21.1. The Morgan fingerprint density at radius 2 is 1.38 bits per heavy atom. The summed E-state index contributed by atoms with van der Waals surface area (Å²) in [6, 6.07) is 12.7. The Morgan fingerprint density at radius 1 is 0.853 bits per heavy atom. The van der Waals surface area contributed by atoms with Crippen molar-refractivity contribution in [1.82, 2.24) is 0 Å². The molecule has 0 aliphatic heterocycles. The molecule has 5 nitrogen and oxygen atoms in total. The van der Waals surface area contributed by atoms with Crippen LogP contribution in [0.3, 0.4) is 0 Å². The first-order chi connectivity index (χ1) is 16.3. The van der Waals surface area contributed by atoms with Gasteiger partial charge in [0.25, 0.3) is 0 Å². The van der Waals surface area contributed by atoms with Gasteiger partial charge in [0.1, 0.15) is 10.1 Å². The molecular weight excluding hydrogens is 444 g/mol. The van der Waals surface area contributed by atoms with Crippen LogP contribution in [0.15, 0.2) is 59.8 Å². The largest absolute Gasteiger partial charge is 0.744 e. The minimum Gasteiger partial charge on any atom is -0.744 e. The van der Waals surface area contributed by atoms with E-state index in [1.54, 1.807) is 6.07 Å². The van der Waals surface area contributed by atoms with Crippen LogP contribution in [-0.4, -0.2) is 26.1 Å². The maximum atomic E-state index is 10.3. The predicted molar refractivity (Wildman–Crippen MR) is 132 cm³/mol. The van der Waals surface area contributed by atoms with E-state index in [9.17, 15) is 13.0 Å². The lowest BCUT2D eigenvalue weighted by molar-refractivity contribution is -0.776. The van der Waals surface area contributed by atoms with Crippen molar-refractivity contribution >= 4 is 15.8 Å². The van der Waals surface area contributed by atoms with Gasteiger partial charge in [-0.1, -0.05) is 37.5 Å². The van der Waals surface area contributed by atoms with Gasteiger partial charge in [0.05, 0.1) is 4.90 Å². The van der Waals surface area contributed by atoms with Crippen molar-refractivity contribution in [2.75, 3.05) is 11.9 Å². The summed E-state index contributed by atoms with van der Waals surface area (Å²) in [4.78, 5) is 2.36. The van der Waals surface area contributed by atoms with E-state index in [0.717, 1.165) is 23.8 Å². The fraction of sp³-hybridized carbons (Fsp3) is 0.607. The molecule has 7 rings (SSSR count). The quantitative estimate of drug-likeness (QED) is 0.440. The lowest BCUT2D eigenvalue weighted by atomic mass is 9.53. The fourth-order valence-corrected chi connectivity index (χ4v) is 8.11. The minimum atomic E-state index is -4.25. The molecule has 0 radical (unpaired) electrons. The molecular formula is C28H38N2O3S. The predicted octanol–water partition coefficient (Wildman–Crippen LogP) is 5.26. The molecule has 0 unspecified atom stereocenters. The summed E-state index contributed by atoms with van der Waals surface area (Å²) in [5.41, 5.74) is 1.89. The molecule has 0 amide bonds. The maximum absolute atomic E-state index is 10.3. The number of rotatable bonds is 4. The third-order valence-electron chi connectivity index (χ3n) is 8.93. The number of hydrogen-bond donors (Lipinski definition) is 0. The Balaban J connectivity index is 0.000000204. The van der Waals surface area contributed by atoms with E-state index in [1.165, 1.54) is 101 Å². The Morgan fingerprint density at radius 3 is 1.85 bits per heavy atom. The van der Waals surface area contributed by atoms with Crippen molar-refractivity contribution < 1.29 is 17.5 Å². The van der Waals surface area contributed by atoms with Gasteiger partial charge in [-0.05, 0) is 62.0 Å². The van der Waals surface area contributed by atoms with E-state index in [2.05, 4.69) is 41.0 Å². The molecule has 0 N–H and O–H groups in total. The summed E-state index contributed by atoms with van der Waals surface area (Å²) in [5.74, 6) is 3.06. The SMILES string of the molecule is CN(c1cc[n+](C23CC4CC(CC(C4)C2)C3)cc1)C1CCCCC1.O=S(=O)([O-])c1ccccc1. The van der Waals surface area contributed by atoms with E-state index >= 15 is 0 Å². The molecule has 5 saturated carbocycles. The molecule has 34 heavy (non-hydrogen) atoms. The van der Waals surface area contributed by atoms with Crippen molar-refractivity contribution in [2.45, 2.75) is 87.1 Å². The van der Waals surface area contributed by atoms with Crippen LogP contribution >= 0.6 is 0 Å². The second-order valence-electron chi connectivity index (χ2n) is 11.3. The van der Waals surface area contributed by atoms with Crippen LogP contribution in [0.2, 0.25) is 0 Å². The molecule has 0 atom stereocenters. The Bertz CT molecular complexity index is 1030. The standard InChI is InChI=1S/C22H33N2.C6H6O3S/c1-23(20-5-3-2-4-6-20)21-7-9-24(10-8-21)22-14-17-11-18(15-22)13-19(12-17)16-22;7-10(8,9)6-4-2-1-3-5-6/h7-10,17-20H,2-6,11-16H2,1H3;1-5H,(H,7,8,9)/q+1;/p-1. The summed E-state index contributed by atoms with van der Waals surface area (Å²) < 4.78 is 33.5. The maximum Gasteiger partial charge on any atom is 0.171 e. The molecule has 184 valence electrons. The highest BCUT2D eigenvalue weighted by molar-refractivity contribution is 7.85. The van der Waals surface area contributed by atoms with Crippen molar-refractivity contribution in [1.29, 1.82) is 0 Å². The Labute approximate surface area is 204 Å². The van der Waals surface area contributed by atoms with E-state index in [1.807, 2.05) is 0 Å². The summed E-state index contributed by atoms with van der Waals surface area (Å²) >= 11 is 0. The molecule has 5 fully saturated rings. The van der Waals surface area contributed by atoms with Crippen molar-refractivity contribution in [2.24, 2.45) is 17.8 Å². The van der Waals surface area contributed by atoms with E-state index < -0.39 is 10.1 Å². The van der Waals surface area contributed by atoms with Gasteiger partial charge in [0.2, 0.25) is 0 Å². The Hall–Kier alpha value is -1.92. The number of benzene rings is 1. The van der Waals surface area contributed by atoms with Gasteiger partial charge in [-0.3, -0.25) is 0 Å². The zero-order valence-electron chi connectivity index (χ0n) is 20.3.